The van der Waals surface area contributed by atoms with Gasteiger partial charge in [-0.25, -0.2) is 13.2 Å². The largest absolute Gasteiger partial charge is 0.334 e. The molecule has 0 aliphatic carbocycles. The molecular weight excluding hydrogens is 400 g/mol. The van der Waals surface area contributed by atoms with E-state index < -0.39 is 9.84 Å². The number of urea groups is 1. The van der Waals surface area contributed by atoms with Gasteiger partial charge in [0.05, 0.1) is 4.90 Å². The highest BCUT2D eigenvalue weighted by atomic mass is 32.2. The van der Waals surface area contributed by atoms with Crippen molar-refractivity contribution in [1.29, 1.82) is 0 Å². The van der Waals surface area contributed by atoms with Crippen molar-refractivity contribution in [3.05, 3.63) is 84.7 Å². The number of nitrogens with zero attached hydrogens (tertiary/aromatic N) is 2. The van der Waals surface area contributed by atoms with Crippen LogP contribution in [0.15, 0.2) is 89.0 Å². The minimum Gasteiger partial charge on any atom is -0.334 e. The maximum Gasteiger partial charge on any atom is 0.319 e. The van der Waals surface area contributed by atoms with E-state index in [9.17, 15) is 13.2 Å². The summed E-state index contributed by atoms with van der Waals surface area (Å²) in [7, 11) is -1.96. The van der Waals surface area contributed by atoms with Crippen molar-refractivity contribution >= 4 is 32.5 Å². The van der Waals surface area contributed by atoms with Gasteiger partial charge in [-0.3, -0.25) is 4.98 Å². The van der Waals surface area contributed by atoms with Gasteiger partial charge < -0.3 is 15.2 Å². The number of carbonyl (C=O) groups is 1. The Kier molecular flexibility index (Phi) is 5.24. The highest BCUT2D eigenvalue weighted by Crippen LogP contribution is 2.27. The molecule has 2 aromatic carbocycles. The summed E-state index contributed by atoms with van der Waals surface area (Å²) in [5.41, 5.74) is 2.22. The number of rotatable bonds is 5. The van der Waals surface area contributed by atoms with Gasteiger partial charge in [-0.05, 0) is 48.0 Å². The molecule has 0 radical (unpaired) electrons. The Bertz CT molecular complexity index is 1300. The lowest BCUT2D eigenvalue weighted by molar-refractivity contribution is 0.251. The molecule has 0 bridgehead atoms. The van der Waals surface area contributed by atoms with Crippen LogP contribution >= 0.6 is 0 Å². The van der Waals surface area contributed by atoms with E-state index in [1.54, 1.807) is 48.3 Å². The van der Waals surface area contributed by atoms with Crippen LogP contribution in [0.2, 0.25) is 0 Å². The molecular formula is C22H20N4O3S. The lowest BCUT2D eigenvalue weighted by atomic mass is 10.2. The number of hydrogen-bond acceptors (Lipinski definition) is 4. The Morgan fingerprint density at radius 2 is 1.80 bits per heavy atom. The van der Waals surface area contributed by atoms with Crippen molar-refractivity contribution < 1.29 is 13.2 Å². The second-order valence-electron chi connectivity index (χ2n) is 6.80. The third-order valence-electron chi connectivity index (χ3n) is 4.78. The van der Waals surface area contributed by atoms with Gasteiger partial charge in [0.1, 0.15) is 5.03 Å². The number of aromatic nitrogens is 2. The van der Waals surface area contributed by atoms with Crippen molar-refractivity contribution in [2.45, 2.75) is 16.5 Å². The smallest absolute Gasteiger partial charge is 0.319 e. The highest BCUT2D eigenvalue weighted by molar-refractivity contribution is 7.91. The first-order valence-corrected chi connectivity index (χ1v) is 10.8. The normalized spacial score (nSPS) is 11.4. The minimum atomic E-state index is -3.70. The molecule has 4 aromatic rings. The summed E-state index contributed by atoms with van der Waals surface area (Å²) in [6.07, 6.45) is 3.34. The summed E-state index contributed by atoms with van der Waals surface area (Å²) < 4.78 is 27.9. The van der Waals surface area contributed by atoms with Crippen molar-refractivity contribution in [2.24, 2.45) is 7.05 Å². The van der Waals surface area contributed by atoms with E-state index in [-0.39, 0.29) is 16.0 Å². The lowest BCUT2D eigenvalue weighted by Crippen LogP contribution is -2.28. The average Bonchev–Trinajstić information content (AvgIpc) is 3.11. The van der Waals surface area contributed by atoms with Gasteiger partial charge in [0.15, 0.2) is 0 Å². The van der Waals surface area contributed by atoms with Gasteiger partial charge >= 0.3 is 6.03 Å². The van der Waals surface area contributed by atoms with Crippen LogP contribution in [0.4, 0.5) is 10.5 Å². The van der Waals surface area contributed by atoms with Gasteiger partial charge in [0.25, 0.3) is 0 Å². The molecule has 0 aliphatic heterocycles. The average molecular weight is 420 g/mol. The number of amides is 2. The van der Waals surface area contributed by atoms with Gasteiger partial charge in [0, 0.05) is 42.6 Å². The Labute approximate surface area is 174 Å². The molecule has 0 fully saturated rings. The van der Waals surface area contributed by atoms with E-state index in [2.05, 4.69) is 15.6 Å². The third kappa shape index (κ3) is 3.90. The Morgan fingerprint density at radius 3 is 2.50 bits per heavy atom. The number of anilines is 1. The van der Waals surface area contributed by atoms with Gasteiger partial charge in [-0.2, -0.15) is 0 Å². The highest BCUT2D eigenvalue weighted by Gasteiger charge is 2.22. The zero-order valence-electron chi connectivity index (χ0n) is 16.2. The Morgan fingerprint density at radius 1 is 1.03 bits per heavy atom. The lowest BCUT2D eigenvalue weighted by Gasteiger charge is -2.09. The Hall–Kier alpha value is -3.65. The maximum atomic E-state index is 13.1. The van der Waals surface area contributed by atoms with E-state index in [4.69, 9.17) is 0 Å². The molecule has 2 N–H and O–H groups in total. The van der Waals surface area contributed by atoms with Crippen LogP contribution in [0.3, 0.4) is 0 Å². The minimum absolute atomic E-state index is 0.162. The van der Waals surface area contributed by atoms with Crippen LogP contribution in [-0.4, -0.2) is 24.0 Å². The summed E-state index contributed by atoms with van der Waals surface area (Å²) in [5, 5.41) is 6.51. The predicted molar refractivity (Wildman–Crippen MR) is 115 cm³/mol. The maximum absolute atomic E-state index is 13.1. The van der Waals surface area contributed by atoms with Crippen molar-refractivity contribution in [2.75, 3.05) is 5.32 Å². The van der Waals surface area contributed by atoms with Gasteiger partial charge in [0.2, 0.25) is 9.84 Å². The van der Waals surface area contributed by atoms with Crippen LogP contribution in [-0.2, 0) is 23.4 Å². The van der Waals surface area contributed by atoms with Crippen LogP contribution in [0.5, 0.6) is 0 Å². The van der Waals surface area contributed by atoms with E-state index >= 15 is 0 Å². The first-order chi connectivity index (χ1) is 14.4. The monoisotopic (exact) mass is 420 g/mol. The molecule has 4 rings (SSSR count). The van der Waals surface area contributed by atoms with Crippen LogP contribution < -0.4 is 10.6 Å². The van der Waals surface area contributed by atoms with Crippen LogP contribution in [0.25, 0.3) is 10.9 Å². The molecule has 152 valence electrons. The number of nitrogens with one attached hydrogen (secondary N) is 2. The molecule has 0 atom stereocenters. The number of sulfone groups is 1. The fourth-order valence-electron chi connectivity index (χ4n) is 3.22. The molecule has 2 amide bonds. The number of para-hydroxylation sites is 1. The Balaban J connectivity index is 1.48. The summed E-state index contributed by atoms with van der Waals surface area (Å²) in [4.78, 5) is 16.2. The molecule has 30 heavy (non-hydrogen) atoms. The standard InChI is InChI=1S/C22H20N4O3S/c1-26-20-7-3-2-6-17(20)13-21(26)30(28,29)19-10-8-18(9-11-19)25-22(27)24-15-16-5-4-12-23-14-16/h2-14H,15H2,1H3,(H2,24,25,27). The number of carbonyl (C=O) groups excluding carboxylic acids is 1. The fraction of sp³-hybridized carbons (Fsp3) is 0.0909. The van der Waals surface area contributed by atoms with Crippen LogP contribution in [0.1, 0.15) is 5.56 Å². The second kappa shape index (κ2) is 8.00. The summed E-state index contributed by atoms with van der Waals surface area (Å²) in [5.74, 6) is 0. The molecule has 7 nitrogen and oxygen atoms in total. The topological polar surface area (TPSA) is 93.1 Å². The van der Waals surface area contributed by atoms with Crippen molar-refractivity contribution in [3.63, 3.8) is 0 Å². The number of benzene rings is 2. The predicted octanol–water partition coefficient (Wildman–Crippen LogP) is 3.73. The molecule has 2 aromatic heterocycles. The second-order valence-corrected chi connectivity index (χ2v) is 8.69. The molecule has 0 aliphatic rings. The van der Waals surface area contributed by atoms with Crippen molar-refractivity contribution in [3.8, 4) is 0 Å². The SMILES string of the molecule is Cn1c(S(=O)(=O)c2ccc(NC(=O)NCc3cccnc3)cc2)cc2ccccc21. The number of hydrogen-bond donors (Lipinski definition) is 2. The van der Waals surface area contributed by atoms with E-state index in [1.807, 2.05) is 30.3 Å². The zero-order valence-corrected chi connectivity index (χ0v) is 17.1. The summed E-state index contributed by atoms with van der Waals surface area (Å²) in [6.45, 7) is 0.340. The number of aryl methyl sites for hydroxylation is 1. The first-order valence-electron chi connectivity index (χ1n) is 9.28. The molecule has 0 saturated carbocycles. The molecule has 8 heteroatoms. The van der Waals surface area contributed by atoms with Crippen LogP contribution in [0, 0.1) is 0 Å². The molecule has 0 spiro atoms. The summed E-state index contributed by atoms with van der Waals surface area (Å²) in [6, 6.07) is 18.6. The quantitative estimate of drug-likeness (QED) is 0.515. The van der Waals surface area contributed by atoms with Gasteiger partial charge in [-0.15, -0.1) is 0 Å². The molecule has 2 heterocycles. The number of fused-ring (bicyclic) bond motifs is 1. The van der Waals surface area contributed by atoms with Gasteiger partial charge in [-0.1, -0.05) is 24.3 Å². The zero-order chi connectivity index (χ0) is 21.1. The van der Waals surface area contributed by atoms with E-state index in [1.165, 1.54) is 12.1 Å². The molecule has 0 unspecified atom stereocenters. The summed E-state index contributed by atoms with van der Waals surface area (Å²) >= 11 is 0. The van der Waals surface area contributed by atoms with E-state index in [0.717, 1.165) is 16.5 Å². The number of pyridine rings is 1. The molecule has 0 saturated heterocycles. The van der Waals surface area contributed by atoms with Crippen molar-refractivity contribution in [1.82, 2.24) is 14.9 Å². The van der Waals surface area contributed by atoms with E-state index in [0.29, 0.717) is 12.2 Å². The fourth-order valence-corrected chi connectivity index (χ4v) is 4.70. The first kappa shape index (κ1) is 19.7. The third-order valence-corrected chi connectivity index (χ3v) is 6.62.